The number of carbonyl (C=O) groups is 1. The molecule has 0 radical (unpaired) electrons. The number of anilines is 1. The van der Waals surface area contributed by atoms with E-state index < -0.39 is 29.2 Å². The van der Waals surface area contributed by atoms with Crippen molar-refractivity contribution >= 4 is 11.7 Å². The van der Waals surface area contributed by atoms with E-state index in [-0.39, 0.29) is 5.69 Å². The highest BCUT2D eigenvalue weighted by molar-refractivity contribution is 5.78. The van der Waals surface area contributed by atoms with Crippen LogP contribution in [0, 0.1) is 5.41 Å². The number of esters is 1. The molecule has 0 aromatic heterocycles. The molecule has 0 spiro atoms. The van der Waals surface area contributed by atoms with Gasteiger partial charge in [0.25, 0.3) is 0 Å². The Morgan fingerprint density at radius 2 is 1.56 bits per heavy atom. The average Bonchev–Trinajstić information content (AvgIpc) is 2.59. The maximum absolute atomic E-state index is 13.3. The Morgan fingerprint density at radius 3 is 2.12 bits per heavy atom. The fourth-order valence-corrected chi connectivity index (χ4v) is 2.72. The van der Waals surface area contributed by atoms with Crippen LogP contribution in [0.1, 0.15) is 31.0 Å². The van der Waals surface area contributed by atoms with Gasteiger partial charge in [-0.05, 0) is 31.5 Å². The van der Waals surface area contributed by atoms with Gasteiger partial charge in [-0.2, -0.15) is 13.2 Å². The van der Waals surface area contributed by atoms with Gasteiger partial charge in [0.1, 0.15) is 0 Å². The number of benzene rings is 2. The zero-order chi connectivity index (χ0) is 18.7. The Hall–Kier alpha value is -2.50. The second-order valence-electron chi connectivity index (χ2n) is 6.24. The largest absolute Gasteiger partial charge is 0.469 e. The second-order valence-corrected chi connectivity index (χ2v) is 6.24. The number of nitrogens with one attached hydrogen (secondary N) is 1. The van der Waals surface area contributed by atoms with E-state index in [4.69, 9.17) is 4.74 Å². The van der Waals surface area contributed by atoms with Crippen LogP contribution in [-0.4, -0.2) is 13.1 Å². The molecule has 0 fully saturated rings. The topological polar surface area (TPSA) is 38.3 Å². The molecule has 0 amide bonds. The van der Waals surface area contributed by atoms with Crippen LogP contribution >= 0.6 is 0 Å². The minimum absolute atomic E-state index is 0.0826. The molecule has 1 N–H and O–H groups in total. The van der Waals surface area contributed by atoms with Crippen molar-refractivity contribution in [1.29, 1.82) is 0 Å². The first-order valence-electron chi connectivity index (χ1n) is 7.74. The van der Waals surface area contributed by atoms with Crippen LogP contribution < -0.4 is 5.32 Å². The third kappa shape index (κ3) is 4.13. The van der Waals surface area contributed by atoms with Gasteiger partial charge in [-0.3, -0.25) is 4.79 Å². The number of methoxy groups -OCH3 is 1. The maximum atomic E-state index is 13.3. The summed E-state index contributed by atoms with van der Waals surface area (Å²) in [6.07, 6.45) is -4.50. The molecule has 0 bridgehead atoms. The summed E-state index contributed by atoms with van der Waals surface area (Å²) in [5, 5.41) is 2.91. The molecule has 2 aromatic carbocycles. The molecule has 2 rings (SSSR count). The number of halogens is 3. The summed E-state index contributed by atoms with van der Waals surface area (Å²) in [6, 6.07) is 13.4. The fourth-order valence-electron chi connectivity index (χ4n) is 2.72. The molecule has 134 valence electrons. The van der Waals surface area contributed by atoms with Gasteiger partial charge in [0, 0.05) is 5.69 Å². The summed E-state index contributed by atoms with van der Waals surface area (Å²) in [5.41, 5.74) is -1.26. The standard InChI is InChI=1S/C19H20F3NO2/c1-18(2,17(24)25-3)16(13-9-5-4-6-10-13)23-15-12-8-7-11-14(15)19(20,21)22/h4-12,16,23H,1-3H3. The van der Waals surface area contributed by atoms with E-state index in [1.54, 1.807) is 44.2 Å². The number of carbonyl (C=O) groups excluding carboxylic acids is 1. The molecule has 1 unspecified atom stereocenters. The molecule has 0 aliphatic heterocycles. The lowest BCUT2D eigenvalue weighted by molar-refractivity contribution is -0.151. The van der Waals surface area contributed by atoms with E-state index in [0.29, 0.717) is 5.56 Å². The summed E-state index contributed by atoms with van der Waals surface area (Å²) >= 11 is 0. The van der Waals surface area contributed by atoms with E-state index in [9.17, 15) is 18.0 Å². The molecule has 0 heterocycles. The highest BCUT2D eigenvalue weighted by Crippen LogP contribution is 2.41. The van der Waals surface area contributed by atoms with Crippen molar-refractivity contribution in [3.05, 3.63) is 65.7 Å². The van der Waals surface area contributed by atoms with Crippen molar-refractivity contribution < 1.29 is 22.7 Å². The van der Waals surface area contributed by atoms with E-state index in [0.717, 1.165) is 6.07 Å². The lowest BCUT2D eigenvalue weighted by Crippen LogP contribution is -2.37. The van der Waals surface area contributed by atoms with Gasteiger partial charge >= 0.3 is 12.1 Å². The van der Waals surface area contributed by atoms with Gasteiger partial charge in [0.05, 0.1) is 24.1 Å². The predicted molar refractivity (Wildman–Crippen MR) is 90.0 cm³/mol. The zero-order valence-corrected chi connectivity index (χ0v) is 14.2. The third-order valence-corrected chi connectivity index (χ3v) is 4.10. The summed E-state index contributed by atoms with van der Waals surface area (Å²) < 4.78 is 44.7. The molecule has 1 atom stereocenters. The molecule has 0 aliphatic carbocycles. The lowest BCUT2D eigenvalue weighted by atomic mass is 9.80. The van der Waals surface area contributed by atoms with Crippen molar-refractivity contribution in [2.45, 2.75) is 26.1 Å². The summed E-state index contributed by atoms with van der Waals surface area (Å²) in [6.45, 7) is 3.28. The molecule has 25 heavy (non-hydrogen) atoms. The Balaban J connectivity index is 2.51. The van der Waals surface area contributed by atoms with E-state index in [2.05, 4.69) is 5.32 Å². The number of hydrogen-bond donors (Lipinski definition) is 1. The summed E-state index contributed by atoms with van der Waals surface area (Å²) in [5.74, 6) is -0.515. The Kier molecular flexibility index (Phi) is 5.40. The SMILES string of the molecule is COC(=O)C(C)(C)C(Nc1ccccc1C(F)(F)F)c1ccccc1. The van der Waals surface area contributed by atoms with Crippen LogP contribution in [-0.2, 0) is 15.7 Å². The van der Waals surface area contributed by atoms with Gasteiger partial charge in [-0.25, -0.2) is 0 Å². The van der Waals surface area contributed by atoms with E-state index in [1.165, 1.54) is 25.3 Å². The minimum Gasteiger partial charge on any atom is -0.469 e. The predicted octanol–water partition coefficient (Wildman–Crippen LogP) is 5.06. The molecule has 0 aliphatic rings. The lowest BCUT2D eigenvalue weighted by Gasteiger charge is -2.34. The summed E-state index contributed by atoms with van der Waals surface area (Å²) in [7, 11) is 1.26. The molecule has 0 saturated carbocycles. The summed E-state index contributed by atoms with van der Waals surface area (Å²) in [4.78, 5) is 12.2. The number of rotatable bonds is 5. The number of alkyl halides is 3. The number of hydrogen-bond acceptors (Lipinski definition) is 3. The molecular formula is C19H20F3NO2. The Morgan fingerprint density at radius 1 is 1.00 bits per heavy atom. The fraction of sp³-hybridized carbons (Fsp3) is 0.316. The molecule has 3 nitrogen and oxygen atoms in total. The van der Waals surface area contributed by atoms with Crippen LogP contribution in [0.25, 0.3) is 0 Å². The first kappa shape index (κ1) is 18.8. The first-order chi connectivity index (χ1) is 11.7. The smallest absolute Gasteiger partial charge is 0.418 e. The minimum atomic E-state index is -4.50. The van der Waals surface area contributed by atoms with Gasteiger partial charge in [-0.1, -0.05) is 42.5 Å². The van der Waals surface area contributed by atoms with Crippen LogP contribution in [0.5, 0.6) is 0 Å². The van der Waals surface area contributed by atoms with Gasteiger partial charge < -0.3 is 10.1 Å². The van der Waals surface area contributed by atoms with Gasteiger partial charge in [0.2, 0.25) is 0 Å². The Bertz CT molecular complexity index is 727. The van der Waals surface area contributed by atoms with Crippen molar-refractivity contribution in [3.8, 4) is 0 Å². The third-order valence-electron chi connectivity index (χ3n) is 4.10. The van der Waals surface area contributed by atoms with Gasteiger partial charge in [-0.15, -0.1) is 0 Å². The molecular weight excluding hydrogens is 331 g/mol. The van der Waals surface area contributed by atoms with Crippen LogP contribution in [0.2, 0.25) is 0 Å². The maximum Gasteiger partial charge on any atom is 0.418 e. The Labute approximate surface area is 144 Å². The molecule has 0 saturated heterocycles. The highest BCUT2D eigenvalue weighted by atomic mass is 19.4. The van der Waals surface area contributed by atoms with Gasteiger partial charge in [0.15, 0.2) is 0 Å². The average molecular weight is 351 g/mol. The monoisotopic (exact) mass is 351 g/mol. The van der Waals surface area contributed by atoms with E-state index >= 15 is 0 Å². The first-order valence-corrected chi connectivity index (χ1v) is 7.74. The number of para-hydroxylation sites is 1. The van der Waals surface area contributed by atoms with Crippen molar-refractivity contribution in [1.82, 2.24) is 0 Å². The number of ether oxygens (including phenoxy) is 1. The highest BCUT2D eigenvalue weighted by Gasteiger charge is 2.41. The van der Waals surface area contributed by atoms with Crippen LogP contribution in [0.3, 0.4) is 0 Å². The molecule has 6 heteroatoms. The van der Waals surface area contributed by atoms with E-state index in [1.807, 2.05) is 0 Å². The van der Waals surface area contributed by atoms with Crippen LogP contribution in [0.4, 0.5) is 18.9 Å². The molecule has 2 aromatic rings. The van der Waals surface area contributed by atoms with Crippen molar-refractivity contribution in [2.75, 3.05) is 12.4 Å². The van der Waals surface area contributed by atoms with Crippen molar-refractivity contribution in [2.24, 2.45) is 5.41 Å². The quantitative estimate of drug-likeness (QED) is 0.766. The van der Waals surface area contributed by atoms with Crippen molar-refractivity contribution in [3.63, 3.8) is 0 Å². The van der Waals surface area contributed by atoms with Crippen LogP contribution in [0.15, 0.2) is 54.6 Å². The normalized spacial score (nSPS) is 13.2. The zero-order valence-electron chi connectivity index (χ0n) is 14.2. The second kappa shape index (κ2) is 7.17.